The number of aromatic nitrogens is 2. The average Bonchev–Trinajstić information content (AvgIpc) is 3.38. The van der Waals surface area contributed by atoms with Crippen molar-refractivity contribution in [3.8, 4) is 0 Å². The van der Waals surface area contributed by atoms with E-state index in [0.717, 1.165) is 54.0 Å². The molecular weight excluding hydrogens is 442 g/mol. The predicted octanol–water partition coefficient (Wildman–Crippen LogP) is 7.04. The molecule has 0 spiro atoms. The fraction of sp³-hybridized carbons (Fsp3) is 0.655. The molecule has 2 aromatic rings. The minimum atomic E-state index is 0.140. The number of halogens is 1. The third-order valence-corrected chi connectivity index (χ3v) is 10.9. The van der Waals surface area contributed by atoms with Crippen LogP contribution in [0.2, 0.25) is 5.02 Å². The number of fused-ring (bicyclic) bond motifs is 6. The van der Waals surface area contributed by atoms with E-state index in [1.165, 1.54) is 49.8 Å². The fourth-order valence-corrected chi connectivity index (χ4v) is 9.39. The minimum absolute atomic E-state index is 0.140. The van der Waals surface area contributed by atoms with E-state index in [0.29, 0.717) is 27.2 Å². The predicted molar refractivity (Wildman–Crippen MR) is 137 cm³/mol. The number of nitrogens with one attached hydrogen (secondary N) is 1. The molecule has 3 fully saturated rings. The Bertz CT molecular complexity index is 1200. The van der Waals surface area contributed by atoms with Crippen LogP contribution < -0.4 is 0 Å². The first-order valence-electron chi connectivity index (χ1n) is 13.4. The van der Waals surface area contributed by atoms with Gasteiger partial charge in [-0.3, -0.25) is 0 Å². The van der Waals surface area contributed by atoms with Crippen LogP contribution in [0.1, 0.15) is 78.0 Å². The smallest absolute Gasteiger partial charge is 0.318 e. The molecule has 1 aliphatic heterocycles. The molecule has 4 aliphatic rings. The van der Waals surface area contributed by atoms with E-state index in [-0.39, 0.29) is 5.41 Å². The van der Waals surface area contributed by atoms with Crippen molar-refractivity contribution in [3.05, 3.63) is 40.3 Å². The molecule has 6 rings (SSSR count). The van der Waals surface area contributed by atoms with Crippen LogP contribution in [0.15, 0.2) is 29.5 Å². The summed E-state index contributed by atoms with van der Waals surface area (Å²) >= 11 is 6.17. The van der Waals surface area contributed by atoms with Crippen molar-refractivity contribution in [1.82, 2.24) is 9.97 Å². The summed E-state index contributed by atoms with van der Waals surface area (Å²) in [6.45, 7) is 8.21. The maximum absolute atomic E-state index is 13.6. The molecule has 1 unspecified atom stereocenters. The lowest BCUT2D eigenvalue weighted by Crippen LogP contribution is -2.62. The molecule has 5 heteroatoms. The van der Waals surface area contributed by atoms with Gasteiger partial charge in [-0.15, -0.1) is 0 Å². The van der Waals surface area contributed by atoms with Crippen LogP contribution in [-0.4, -0.2) is 34.0 Å². The SMILES string of the molecule is CC1=C2[C@](C)(CCC(=O)[N+]2(C)CCc2nc3ccc(Cl)cc3[nH]2)[C@H]2CC[C@]3(C)CCC[C@H]3[C@@H]2C1. The van der Waals surface area contributed by atoms with Gasteiger partial charge in [-0.2, -0.15) is 0 Å². The summed E-state index contributed by atoms with van der Waals surface area (Å²) in [6.07, 6.45) is 10.6. The first-order valence-corrected chi connectivity index (χ1v) is 13.8. The molecule has 1 aromatic heterocycles. The van der Waals surface area contributed by atoms with E-state index in [4.69, 9.17) is 16.6 Å². The second-order valence-corrected chi connectivity index (χ2v) is 13.1. The maximum Gasteiger partial charge on any atom is 0.318 e. The molecule has 0 radical (unpaired) electrons. The largest absolute Gasteiger partial charge is 0.342 e. The minimum Gasteiger partial charge on any atom is -0.342 e. The van der Waals surface area contributed by atoms with Gasteiger partial charge >= 0.3 is 5.91 Å². The van der Waals surface area contributed by atoms with E-state index in [1.807, 2.05) is 18.2 Å². The van der Waals surface area contributed by atoms with Gasteiger partial charge in [0, 0.05) is 10.4 Å². The molecular formula is C29H39ClN3O+. The van der Waals surface area contributed by atoms with Gasteiger partial charge in [0.25, 0.3) is 0 Å². The van der Waals surface area contributed by atoms with Crippen LogP contribution in [0.3, 0.4) is 0 Å². The molecule has 34 heavy (non-hydrogen) atoms. The number of piperidine rings is 1. The zero-order valence-electron chi connectivity index (χ0n) is 21.2. The third kappa shape index (κ3) is 3.20. The first kappa shape index (κ1) is 22.8. The number of aromatic amines is 1. The number of H-pyrrole nitrogens is 1. The molecule has 0 bridgehead atoms. The molecule has 6 atom stereocenters. The van der Waals surface area contributed by atoms with Crippen molar-refractivity contribution in [3.63, 3.8) is 0 Å². The average molecular weight is 481 g/mol. The monoisotopic (exact) mass is 480 g/mol. The van der Waals surface area contributed by atoms with Crippen molar-refractivity contribution in [2.75, 3.05) is 13.6 Å². The molecule has 2 saturated carbocycles. The molecule has 1 N–H and O–H groups in total. The van der Waals surface area contributed by atoms with Gasteiger partial charge in [0.1, 0.15) is 11.5 Å². The van der Waals surface area contributed by atoms with E-state index in [2.05, 4.69) is 32.8 Å². The Morgan fingerprint density at radius 1 is 1.18 bits per heavy atom. The summed E-state index contributed by atoms with van der Waals surface area (Å²) in [5.74, 6) is 3.73. The number of benzene rings is 1. The number of likely N-dealkylation sites (N-methyl/N-ethyl adjacent to an activating group) is 1. The highest BCUT2D eigenvalue weighted by atomic mass is 35.5. The highest BCUT2D eigenvalue weighted by Gasteiger charge is 2.62. The number of allylic oxidation sites excluding steroid dienone is 2. The molecule has 1 aromatic carbocycles. The second kappa shape index (κ2) is 7.67. The summed E-state index contributed by atoms with van der Waals surface area (Å²) in [7, 11) is 2.20. The molecule has 2 heterocycles. The Morgan fingerprint density at radius 2 is 2.00 bits per heavy atom. The summed E-state index contributed by atoms with van der Waals surface area (Å²) in [6, 6.07) is 5.78. The van der Waals surface area contributed by atoms with Crippen LogP contribution in [0, 0.1) is 28.6 Å². The van der Waals surface area contributed by atoms with Gasteiger partial charge in [-0.25, -0.2) is 14.3 Å². The third-order valence-electron chi connectivity index (χ3n) is 10.7. The summed E-state index contributed by atoms with van der Waals surface area (Å²) < 4.78 is 0.464. The van der Waals surface area contributed by atoms with Gasteiger partial charge in [-0.05, 0) is 92.4 Å². The number of quaternary nitrogens is 1. The Kier molecular flexibility index (Phi) is 5.14. The molecule has 4 nitrogen and oxygen atoms in total. The van der Waals surface area contributed by atoms with Gasteiger partial charge in [0.2, 0.25) is 0 Å². The zero-order valence-corrected chi connectivity index (χ0v) is 22.0. The number of hydrogen-bond donors (Lipinski definition) is 1. The van der Waals surface area contributed by atoms with Crippen molar-refractivity contribution in [1.29, 1.82) is 0 Å². The molecule has 3 aliphatic carbocycles. The molecule has 1 amide bonds. The number of hydrogen-bond acceptors (Lipinski definition) is 2. The Balaban J connectivity index is 1.34. The second-order valence-electron chi connectivity index (χ2n) is 12.6. The van der Waals surface area contributed by atoms with Crippen LogP contribution >= 0.6 is 11.6 Å². The number of carbonyl (C=O) groups is 1. The normalized spacial score (nSPS) is 39.8. The van der Waals surface area contributed by atoms with Crippen molar-refractivity contribution in [2.24, 2.45) is 28.6 Å². The highest BCUT2D eigenvalue weighted by Crippen LogP contribution is 2.66. The van der Waals surface area contributed by atoms with Crippen molar-refractivity contribution < 1.29 is 9.28 Å². The van der Waals surface area contributed by atoms with Gasteiger partial charge < -0.3 is 4.98 Å². The quantitative estimate of drug-likeness (QED) is 0.478. The summed E-state index contributed by atoms with van der Waals surface area (Å²) in [4.78, 5) is 21.8. The molecule has 1 saturated heterocycles. The van der Waals surface area contributed by atoms with Gasteiger partial charge in [-0.1, -0.05) is 31.9 Å². The Labute approximate surface area is 208 Å². The number of rotatable bonds is 3. The number of carbonyl (C=O) groups excluding carboxylic acids is 1. The lowest BCUT2D eigenvalue weighted by atomic mass is 9.48. The highest BCUT2D eigenvalue weighted by molar-refractivity contribution is 6.31. The Hall–Kier alpha value is -1.65. The van der Waals surface area contributed by atoms with Crippen molar-refractivity contribution >= 4 is 28.5 Å². The number of nitrogens with zero attached hydrogens (tertiary/aromatic N) is 2. The summed E-state index contributed by atoms with van der Waals surface area (Å²) in [5, 5.41) is 0.715. The number of likely N-dealkylation sites (tertiary alicyclic amines) is 1. The van der Waals surface area contributed by atoms with Gasteiger partial charge in [0.15, 0.2) is 0 Å². The van der Waals surface area contributed by atoms with Crippen molar-refractivity contribution in [2.45, 2.75) is 78.6 Å². The summed E-state index contributed by atoms with van der Waals surface area (Å²) in [5.41, 5.74) is 5.56. The fourth-order valence-electron chi connectivity index (χ4n) is 9.22. The first-order chi connectivity index (χ1) is 16.1. The molecule has 182 valence electrons. The Morgan fingerprint density at radius 3 is 2.82 bits per heavy atom. The number of imidazole rings is 1. The van der Waals surface area contributed by atoms with E-state index in [9.17, 15) is 4.79 Å². The van der Waals surface area contributed by atoms with E-state index < -0.39 is 0 Å². The lowest BCUT2D eigenvalue weighted by Gasteiger charge is -2.59. The van der Waals surface area contributed by atoms with Crippen LogP contribution in [0.5, 0.6) is 0 Å². The van der Waals surface area contributed by atoms with Crippen LogP contribution in [0.4, 0.5) is 0 Å². The van der Waals surface area contributed by atoms with Crippen LogP contribution in [-0.2, 0) is 11.2 Å². The van der Waals surface area contributed by atoms with E-state index in [1.54, 1.807) is 0 Å². The van der Waals surface area contributed by atoms with E-state index >= 15 is 0 Å². The standard InChI is InChI=1S/C29H39ClN3O/c1-18-16-20-21-6-5-12-28(21,2)13-9-22(20)29(3)14-10-26(34)33(4,27(18)29)15-11-25-31-23-8-7-19(30)17-24(23)32-25/h7-8,17,20-22H,5-6,9-16H2,1-4H3,(H,31,32)/q+1/t20-,21-,22-,28-,29+,33?/m0/s1. The zero-order chi connectivity index (χ0) is 23.9. The topological polar surface area (TPSA) is 45.8 Å². The van der Waals surface area contributed by atoms with Crippen LogP contribution in [0.25, 0.3) is 11.0 Å². The van der Waals surface area contributed by atoms with Gasteiger partial charge in [0.05, 0.1) is 37.5 Å². The number of amides is 1. The maximum atomic E-state index is 13.6. The lowest BCUT2D eigenvalue weighted by molar-refractivity contribution is -0.808.